The molecule has 0 radical (unpaired) electrons. The lowest BCUT2D eigenvalue weighted by molar-refractivity contribution is -0.129. The summed E-state index contributed by atoms with van der Waals surface area (Å²) in [5.74, 6) is 0.209. The number of hydrogen-bond acceptors (Lipinski definition) is 3. The molecule has 3 rings (SSSR count). The Morgan fingerprint density at radius 3 is 2.52 bits per heavy atom. The van der Waals surface area contributed by atoms with Crippen LogP contribution in [0.2, 0.25) is 0 Å². The molecule has 0 aromatic heterocycles. The number of hydrogen-bond donors (Lipinski definition) is 1. The van der Waals surface area contributed by atoms with Gasteiger partial charge < -0.3 is 14.9 Å². The normalized spacial score (nSPS) is 25.1. The summed E-state index contributed by atoms with van der Waals surface area (Å²) < 4.78 is 13.3. The fourth-order valence-electron chi connectivity index (χ4n) is 4.14. The van der Waals surface area contributed by atoms with Crippen molar-refractivity contribution in [3.63, 3.8) is 0 Å². The minimum absolute atomic E-state index is 0.0300. The summed E-state index contributed by atoms with van der Waals surface area (Å²) in [5.41, 5.74) is 0.710. The average molecular weight is 348 g/mol. The molecular formula is C20H29FN2O2. The molecule has 2 aliphatic heterocycles. The average Bonchev–Trinajstić information content (AvgIpc) is 2.82. The van der Waals surface area contributed by atoms with E-state index in [1.807, 2.05) is 4.90 Å². The summed E-state index contributed by atoms with van der Waals surface area (Å²) >= 11 is 0. The van der Waals surface area contributed by atoms with Gasteiger partial charge in [0.2, 0.25) is 5.91 Å². The zero-order valence-electron chi connectivity index (χ0n) is 14.9. The summed E-state index contributed by atoms with van der Waals surface area (Å²) in [5, 5.41) is 9.74. The largest absolute Gasteiger partial charge is 0.396 e. The predicted octanol–water partition coefficient (Wildman–Crippen LogP) is 2.31. The topological polar surface area (TPSA) is 43.8 Å². The van der Waals surface area contributed by atoms with Gasteiger partial charge in [0, 0.05) is 32.2 Å². The van der Waals surface area contributed by atoms with Gasteiger partial charge >= 0.3 is 0 Å². The van der Waals surface area contributed by atoms with Gasteiger partial charge in [-0.3, -0.25) is 4.79 Å². The van der Waals surface area contributed by atoms with Crippen LogP contribution in [0.15, 0.2) is 24.3 Å². The molecule has 1 aromatic rings. The van der Waals surface area contributed by atoms with Crippen LogP contribution in [0.3, 0.4) is 0 Å². The van der Waals surface area contributed by atoms with Gasteiger partial charge in [-0.2, -0.15) is 0 Å². The molecule has 2 saturated heterocycles. The van der Waals surface area contributed by atoms with E-state index in [1.54, 1.807) is 12.1 Å². The maximum atomic E-state index is 13.3. The van der Waals surface area contributed by atoms with E-state index in [2.05, 4.69) is 4.90 Å². The van der Waals surface area contributed by atoms with Crippen molar-refractivity contribution in [1.82, 2.24) is 9.80 Å². The van der Waals surface area contributed by atoms with E-state index in [9.17, 15) is 14.3 Å². The van der Waals surface area contributed by atoms with E-state index in [1.165, 1.54) is 37.8 Å². The van der Waals surface area contributed by atoms with Crippen LogP contribution in [0, 0.1) is 17.7 Å². The second kappa shape index (κ2) is 8.77. The number of carbonyl (C=O) groups excluding carboxylic acids is 1. The van der Waals surface area contributed by atoms with E-state index in [0.29, 0.717) is 24.6 Å². The van der Waals surface area contributed by atoms with E-state index in [-0.39, 0.29) is 30.7 Å². The Labute approximate surface area is 149 Å². The number of aliphatic hydroxyl groups excluding tert-OH is 1. The Hall–Kier alpha value is -1.46. The van der Waals surface area contributed by atoms with Crippen molar-refractivity contribution in [3.8, 4) is 0 Å². The Kier molecular flexibility index (Phi) is 6.43. The van der Waals surface area contributed by atoms with Crippen molar-refractivity contribution in [2.75, 3.05) is 39.3 Å². The molecule has 0 aliphatic carbocycles. The van der Waals surface area contributed by atoms with Crippen LogP contribution in [0.5, 0.6) is 0 Å². The second-order valence-electron chi connectivity index (χ2n) is 7.52. The Bertz CT molecular complexity index is 573. The standard InChI is InChI=1S/C20H29FN2O2/c21-19-7-5-6-16(10-19)11-20(25)23-13-17(18(14-23)15-24)12-22-8-3-1-2-4-9-22/h5-7,10,17-18,24H,1-4,8-9,11-15H2. The molecule has 25 heavy (non-hydrogen) atoms. The molecule has 2 fully saturated rings. The predicted molar refractivity (Wildman–Crippen MR) is 95.7 cm³/mol. The van der Waals surface area contributed by atoms with Crippen molar-refractivity contribution in [2.45, 2.75) is 32.1 Å². The molecule has 2 aliphatic rings. The highest BCUT2D eigenvalue weighted by molar-refractivity contribution is 5.79. The van der Waals surface area contributed by atoms with E-state index in [4.69, 9.17) is 0 Å². The van der Waals surface area contributed by atoms with Crippen molar-refractivity contribution >= 4 is 5.91 Å². The van der Waals surface area contributed by atoms with Crippen LogP contribution in [-0.2, 0) is 11.2 Å². The fraction of sp³-hybridized carbons (Fsp3) is 0.650. The van der Waals surface area contributed by atoms with E-state index < -0.39 is 0 Å². The number of halogens is 1. The third-order valence-electron chi connectivity index (χ3n) is 5.60. The number of aliphatic hydroxyl groups is 1. The first-order valence-electron chi connectivity index (χ1n) is 9.51. The van der Waals surface area contributed by atoms with E-state index >= 15 is 0 Å². The Morgan fingerprint density at radius 1 is 1.12 bits per heavy atom. The quantitative estimate of drug-likeness (QED) is 0.888. The van der Waals surface area contributed by atoms with Gasteiger partial charge in [-0.1, -0.05) is 25.0 Å². The number of rotatable bonds is 5. The lowest BCUT2D eigenvalue weighted by atomic mass is 9.96. The number of nitrogens with zero attached hydrogens (tertiary/aromatic N) is 2. The van der Waals surface area contributed by atoms with Crippen LogP contribution in [0.4, 0.5) is 4.39 Å². The number of amides is 1. The molecule has 4 nitrogen and oxygen atoms in total. The second-order valence-corrected chi connectivity index (χ2v) is 7.52. The van der Waals surface area contributed by atoms with Gasteiger partial charge in [0.05, 0.1) is 6.42 Å². The van der Waals surface area contributed by atoms with Gasteiger partial charge in [-0.25, -0.2) is 4.39 Å². The fourth-order valence-corrected chi connectivity index (χ4v) is 4.14. The monoisotopic (exact) mass is 348 g/mol. The SMILES string of the molecule is O=C(Cc1cccc(F)c1)N1CC(CO)C(CN2CCCCCC2)C1. The van der Waals surface area contributed by atoms with E-state index in [0.717, 1.165) is 19.6 Å². The summed E-state index contributed by atoms with van der Waals surface area (Å²) in [6.07, 6.45) is 5.34. The first-order valence-corrected chi connectivity index (χ1v) is 9.51. The highest BCUT2D eigenvalue weighted by Gasteiger charge is 2.35. The third kappa shape index (κ3) is 5.02. The molecule has 1 N–H and O–H groups in total. The number of benzene rings is 1. The summed E-state index contributed by atoms with van der Waals surface area (Å²) in [6, 6.07) is 6.24. The van der Waals surface area contributed by atoms with Gasteiger partial charge in [-0.15, -0.1) is 0 Å². The lowest BCUT2D eigenvalue weighted by Gasteiger charge is -2.26. The maximum absolute atomic E-state index is 13.3. The molecule has 2 heterocycles. The van der Waals surface area contributed by atoms with Crippen LogP contribution >= 0.6 is 0 Å². The Balaban J connectivity index is 1.57. The van der Waals surface area contributed by atoms with Crippen LogP contribution < -0.4 is 0 Å². The van der Waals surface area contributed by atoms with Gasteiger partial charge in [0.25, 0.3) is 0 Å². The molecule has 0 spiro atoms. The highest BCUT2D eigenvalue weighted by Crippen LogP contribution is 2.26. The number of carbonyl (C=O) groups is 1. The summed E-state index contributed by atoms with van der Waals surface area (Å²) in [6.45, 7) is 4.67. The third-order valence-corrected chi connectivity index (χ3v) is 5.60. The van der Waals surface area contributed by atoms with Crippen molar-refractivity contribution < 1.29 is 14.3 Å². The van der Waals surface area contributed by atoms with Gasteiger partial charge in [-0.05, 0) is 49.5 Å². The zero-order valence-corrected chi connectivity index (χ0v) is 14.9. The van der Waals surface area contributed by atoms with Gasteiger partial charge in [0.15, 0.2) is 0 Å². The van der Waals surface area contributed by atoms with Gasteiger partial charge in [0.1, 0.15) is 5.82 Å². The molecule has 0 bridgehead atoms. The van der Waals surface area contributed by atoms with Crippen LogP contribution in [0.25, 0.3) is 0 Å². The Morgan fingerprint density at radius 2 is 1.84 bits per heavy atom. The minimum atomic E-state index is -0.306. The molecule has 1 amide bonds. The van der Waals surface area contributed by atoms with Crippen LogP contribution in [0.1, 0.15) is 31.2 Å². The molecule has 138 valence electrons. The van der Waals surface area contributed by atoms with Crippen molar-refractivity contribution in [2.24, 2.45) is 11.8 Å². The molecule has 1 aromatic carbocycles. The molecule has 0 saturated carbocycles. The lowest BCUT2D eigenvalue weighted by Crippen LogP contribution is -2.35. The smallest absolute Gasteiger partial charge is 0.227 e. The molecule has 2 atom stereocenters. The highest BCUT2D eigenvalue weighted by atomic mass is 19.1. The molecular weight excluding hydrogens is 319 g/mol. The zero-order chi connectivity index (χ0) is 17.6. The summed E-state index contributed by atoms with van der Waals surface area (Å²) in [7, 11) is 0. The molecule has 5 heteroatoms. The first-order chi connectivity index (χ1) is 12.2. The minimum Gasteiger partial charge on any atom is -0.396 e. The maximum Gasteiger partial charge on any atom is 0.227 e. The number of likely N-dealkylation sites (tertiary alicyclic amines) is 2. The first kappa shape index (κ1) is 18.3. The van der Waals surface area contributed by atoms with Crippen molar-refractivity contribution in [3.05, 3.63) is 35.6 Å². The summed E-state index contributed by atoms with van der Waals surface area (Å²) in [4.78, 5) is 16.9. The van der Waals surface area contributed by atoms with Crippen molar-refractivity contribution in [1.29, 1.82) is 0 Å². The van der Waals surface area contributed by atoms with Crippen LogP contribution in [-0.4, -0.2) is 60.1 Å². The molecule has 2 unspecified atom stereocenters.